The zero-order valence-electron chi connectivity index (χ0n) is 14.3. The smallest absolute Gasteiger partial charge is 0.326 e. The average molecular weight is 369 g/mol. The second kappa shape index (κ2) is 6.30. The molecule has 0 aromatic heterocycles. The van der Waals surface area contributed by atoms with Crippen molar-refractivity contribution in [1.29, 1.82) is 0 Å². The van der Waals surface area contributed by atoms with Crippen molar-refractivity contribution in [2.24, 2.45) is 0 Å². The summed E-state index contributed by atoms with van der Waals surface area (Å²) in [7, 11) is 0. The molecule has 1 aromatic carbocycles. The van der Waals surface area contributed by atoms with Crippen LogP contribution in [0.25, 0.3) is 0 Å². The second-order valence-corrected chi connectivity index (χ2v) is 6.54. The zero-order valence-corrected chi connectivity index (χ0v) is 14.3. The van der Waals surface area contributed by atoms with E-state index in [2.05, 4.69) is 5.32 Å². The Kier molecular flexibility index (Phi) is 4.41. The average Bonchev–Trinajstić information content (AvgIpc) is 2.69. The highest BCUT2D eigenvalue weighted by Gasteiger charge is 2.49. The van der Waals surface area contributed by atoms with Gasteiger partial charge in [-0.05, 0) is 44.4 Å². The van der Waals surface area contributed by atoms with Crippen molar-refractivity contribution in [2.45, 2.75) is 51.4 Å². The van der Waals surface area contributed by atoms with Gasteiger partial charge >= 0.3 is 12.2 Å². The molecule has 4 amide bonds. The van der Waals surface area contributed by atoms with Gasteiger partial charge in [0.25, 0.3) is 5.91 Å². The zero-order chi connectivity index (χ0) is 19.2. The van der Waals surface area contributed by atoms with Gasteiger partial charge in [0.15, 0.2) is 0 Å². The van der Waals surface area contributed by atoms with Crippen LogP contribution in [-0.4, -0.2) is 34.8 Å². The molecule has 0 spiro atoms. The molecule has 0 unspecified atom stereocenters. The van der Waals surface area contributed by atoms with Gasteiger partial charge < -0.3 is 10.2 Å². The third-order valence-electron chi connectivity index (χ3n) is 4.74. The van der Waals surface area contributed by atoms with Crippen molar-refractivity contribution in [1.82, 2.24) is 4.90 Å². The molecule has 3 rings (SSSR count). The maximum atomic E-state index is 13.5. The summed E-state index contributed by atoms with van der Waals surface area (Å²) in [6, 6.07) is 1.37. The molecule has 2 aliphatic rings. The molecule has 6 nitrogen and oxygen atoms in total. The van der Waals surface area contributed by atoms with E-state index in [0.29, 0.717) is 4.90 Å². The van der Waals surface area contributed by atoms with Gasteiger partial charge in [-0.1, -0.05) is 0 Å². The molecule has 1 heterocycles. The topological polar surface area (TPSA) is 69.7 Å². The fraction of sp³-hybridized carbons (Fsp3) is 0.471. The van der Waals surface area contributed by atoms with Crippen molar-refractivity contribution < 1.29 is 27.6 Å². The van der Waals surface area contributed by atoms with Crippen molar-refractivity contribution >= 4 is 29.2 Å². The van der Waals surface area contributed by atoms with E-state index < -0.39 is 41.3 Å². The van der Waals surface area contributed by atoms with Crippen LogP contribution >= 0.6 is 0 Å². The monoisotopic (exact) mass is 369 g/mol. The predicted molar refractivity (Wildman–Crippen MR) is 87.6 cm³/mol. The van der Waals surface area contributed by atoms with Gasteiger partial charge in [-0.2, -0.15) is 13.2 Å². The highest BCUT2D eigenvalue weighted by molar-refractivity contribution is 6.21. The van der Waals surface area contributed by atoms with Crippen LogP contribution in [0.4, 0.5) is 29.3 Å². The van der Waals surface area contributed by atoms with Crippen molar-refractivity contribution in [2.75, 3.05) is 10.2 Å². The summed E-state index contributed by atoms with van der Waals surface area (Å²) in [6.07, 6.45) is -2.39. The van der Waals surface area contributed by atoms with Crippen molar-refractivity contribution in [3.05, 3.63) is 23.8 Å². The first-order valence-electron chi connectivity index (χ1n) is 8.26. The van der Waals surface area contributed by atoms with Crippen molar-refractivity contribution in [3.8, 4) is 0 Å². The molecule has 1 N–H and O–H groups in total. The van der Waals surface area contributed by atoms with E-state index in [9.17, 15) is 27.6 Å². The van der Waals surface area contributed by atoms with Gasteiger partial charge in [0.1, 0.15) is 6.04 Å². The first-order valence-corrected chi connectivity index (χ1v) is 8.26. The Balaban J connectivity index is 2.03. The van der Waals surface area contributed by atoms with Crippen LogP contribution in [0.5, 0.6) is 0 Å². The fourth-order valence-electron chi connectivity index (χ4n) is 3.28. The number of alkyl halides is 3. The highest BCUT2D eigenvalue weighted by atomic mass is 19.4. The number of rotatable bonds is 3. The molecule has 0 bridgehead atoms. The van der Waals surface area contributed by atoms with Gasteiger partial charge in [0, 0.05) is 18.7 Å². The Morgan fingerprint density at radius 2 is 1.88 bits per heavy atom. The van der Waals surface area contributed by atoms with E-state index in [1.807, 2.05) is 0 Å². The summed E-state index contributed by atoms with van der Waals surface area (Å²) < 4.78 is 40.6. The number of nitrogens with zero attached hydrogens (tertiary/aromatic N) is 2. The molecule has 1 saturated heterocycles. The van der Waals surface area contributed by atoms with Gasteiger partial charge in [0.05, 0.1) is 11.3 Å². The molecule has 1 aromatic rings. The molecule has 1 aliphatic heterocycles. The lowest BCUT2D eigenvalue weighted by Crippen LogP contribution is -2.46. The number of hydrogen-bond donors (Lipinski definition) is 1. The van der Waals surface area contributed by atoms with E-state index in [4.69, 9.17) is 0 Å². The lowest BCUT2D eigenvalue weighted by molar-refractivity contribution is -0.137. The number of imide groups is 1. The number of urea groups is 1. The molecule has 1 saturated carbocycles. The lowest BCUT2D eigenvalue weighted by Gasteiger charge is -2.36. The maximum absolute atomic E-state index is 13.5. The molecule has 140 valence electrons. The maximum Gasteiger partial charge on any atom is 0.418 e. The summed E-state index contributed by atoms with van der Waals surface area (Å²) in [4.78, 5) is 38.3. The molecule has 26 heavy (non-hydrogen) atoms. The number of carbonyl (C=O) groups excluding carboxylic acids is 3. The first kappa shape index (κ1) is 18.2. The largest absolute Gasteiger partial charge is 0.418 e. The Hall–Kier alpha value is -2.58. The highest BCUT2D eigenvalue weighted by Crippen LogP contribution is 2.41. The minimum absolute atomic E-state index is 0.0587. The number of hydrogen-bond acceptors (Lipinski definition) is 3. The van der Waals surface area contributed by atoms with E-state index in [0.717, 1.165) is 31.4 Å². The summed E-state index contributed by atoms with van der Waals surface area (Å²) >= 11 is 0. The quantitative estimate of drug-likeness (QED) is 0.831. The molecule has 0 radical (unpaired) electrons. The molecule has 1 aliphatic carbocycles. The summed E-state index contributed by atoms with van der Waals surface area (Å²) in [5.74, 6) is -1.20. The number of anilines is 2. The number of carbonyl (C=O) groups is 3. The fourth-order valence-corrected chi connectivity index (χ4v) is 3.28. The van der Waals surface area contributed by atoms with E-state index in [1.165, 1.54) is 24.8 Å². The van der Waals surface area contributed by atoms with Crippen LogP contribution in [0.15, 0.2) is 18.2 Å². The number of amides is 4. The third kappa shape index (κ3) is 3.02. The second-order valence-electron chi connectivity index (χ2n) is 6.54. The molecule has 2 fully saturated rings. The van der Waals surface area contributed by atoms with E-state index in [-0.39, 0.29) is 11.7 Å². The summed E-state index contributed by atoms with van der Waals surface area (Å²) in [5.41, 5.74) is -1.72. The molecular formula is C17H18F3N3O3. The Bertz CT molecular complexity index is 774. The molecule has 1 atom stereocenters. The van der Waals surface area contributed by atoms with Gasteiger partial charge in [0.2, 0.25) is 5.91 Å². The Morgan fingerprint density at radius 1 is 1.23 bits per heavy atom. The van der Waals surface area contributed by atoms with Crippen LogP contribution in [0.1, 0.15) is 38.7 Å². The van der Waals surface area contributed by atoms with Crippen LogP contribution in [0.2, 0.25) is 0 Å². The van der Waals surface area contributed by atoms with Crippen molar-refractivity contribution in [3.63, 3.8) is 0 Å². The number of benzene rings is 1. The predicted octanol–water partition coefficient (Wildman–Crippen LogP) is 3.37. The summed E-state index contributed by atoms with van der Waals surface area (Å²) in [5, 5.41) is 2.27. The number of nitrogens with one attached hydrogen (secondary N) is 1. The lowest BCUT2D eigenvalue weighted by atomic mass is 9.91. The van der Waals surface area contributed by atoms with E-state index in [1.54, 1.807) is 0 Å². The SMILES string of the molecule is CC(=O)Nc1ccc(N2C(=O)[C@H](C)N(C3CCC3)C2=O)c(C(F)(F)F)c1. The van der Waals surface area contributed by atoms with Crippen LogP contribution in [0.3, 0.4) is 0 Å². The van der Waals surface area contributed by atoms with Crippen LogP contribution < -0.4 is 10.2 Å². The van der Waals surface area contributed by atoms with Gasteiger partial charge in [-0.15, -0.1) is 0 Å². The van der Waals surface area contributed by atoms with Gasteiger partial charge in [-0.25, -0.2) is 9.69 Å². The number of halogens is 3. The standard InChI is InChI=1S/C17H18F3N3O3/c1-9-15(25)23(16(26)22(9)12-4-3-5-12)14-7-6-11(21-10(2)24)8-13(14)17(18,19)20/h6-9,12H,3-5H2,1-2H3,(H,21,24)/t9-/m0/s1. The minimum Gasteiger partial charge on any atom is -0.326 e. The van der Waals surface area contributed by atoms with Crippen LogP contribution in [-0.2, 0) is 15.8 Å². The summed E-state index contributed by atoms with van der Waals surface area (Å²) in [6.45, 7) is 2.70. The normalized spacial score (nSPS) is 21.2. The minimum atomic E-state index is -4.79. The third-order valence-corrected chi connectivity index (χ3v) is 4.74. The molecule has 9 heteroatoms. The molecular weight excluding hydrogens is 351 g/mol. The Labute approximate surface area is 147 Å². The first-order chi connectivity index (χ1) is 12.1. The van der Waals surface area contributed by atoms with Crippen LogP contribution in [0, 0.1) is 0 Å². The Morgan fingerprint density at radius 3 is 2.38 bits per heavy atom. The van der Waals surface area contributed by atoms with Gasteiger partial charge in [-0.3, -0.25) is 9.59 Å². The van der Waals surface area contributed by atoms with E-state index >= 15 is 0 Å².